The van der Waals surface area contributed by atoms with Gasteiger partial charge in [0.1, 0.15) is 5.75 Å². The zero-order chi connectivity index (χ0) is 18.0. The van der Waals surface area contributed by atoms with Crippen molar-refractivity contribution in [3.8, 4) is 5.75 Å². The van der Waals surface area contributed by atoms with Gasteiger partial charge in [-0.25, -0.2) is 0 Å². The molecule has 1 heterocycles. The third-order valence-electron chi connectivity index (χ3n) is 4.98. The summed E-state index contributed by atoms with van der Waals surface area (Å²) in [6.45, 7) is 3.04. The number of fused-ring (bicyclic) bond motifs is 1. The van der Waals surface area contributed by atoms with Crippen LogP contribution in [0, 0.1) is 0 Å². The number of benzene rings is 2. The predicted molar refractivity (Wildman–Crippen MR) is 111 cm³/mol. The third-order valence-corrected chi connectivity index (χ3v) is 4.98. The molecular weight excluding hydrogens is 318 g/mol. The van der Waals surface area contributed by atoms with Crippen molar-refractivity contribution in [2.45, 2.75) is 58.3 Å². The van der Waals surface area contributed by atoms with E-state index in [0.717, 1.165) is 25.2 Å². The Morgan fingerprint density at radius 3 is 2.50 bits per heavy atom. The zero-order valence-electron chi connectivity index (χ0n) is 16.0. The summed E-state index contributed by atoms with van der Waals surface area (Å²) in [6, 6.07) is 17.2. The molecule has 0 bridgehead atoms. The number of aryl methyl sites for hydroxylation is 2. The highest BCUT2D eigenvalue weighted by Crippen LogP contribution is 2.25. The van der Waals surface area contributed by atoms with Gasteiger partial charge in [-0.05, 0) is 55.0 Å². The number of ether oxygens (including phenoxy) is 1. The van der Waals surface area contributed by atoms with E-state index in [2.05, 4.69) is 66.6 Å². The van der Waals surface area contributed by atoms with Crippen molar-refractivity contribution in [2.24, 2.45) is 0 Å². The summed E-state index contributed by atoms with van der Waals surface area (Å²) >= 11 is 0. The molecule has 0 spiro atoms. The molecule has 0 aliphatic carbocycles. The van der Waals surface area contributed by atoms with Crippen molar-refractivity contribution in [2.75, 3.05) is 6.61 Å². The molecule has 3 rings (SSSR count). The lowest BCUT2D eigenvalue weighted by molar-refractivity contribution is 0.305. The largest absolute Gasteiger partial charge is 0.494 e. The average molecular weight is 350 g/mol. The van der Waals surface area contributed by atoms with Gasteiger partial charge in [0, 0.05) is 17.1 Å². The number of H-pyrrole nitrogens is 1. The molecule has 2 aromatic carbocycles. The predicted octanol–water partition coefficient (Wildman–Crippen LogP) is 6.69. The maximum atomic E-state index is 5.98. The lowest BCUT2D eigenvalue weighted by Crippen LogP contribution is -1.97. The van der Waals surface area contributed by atoms with Crippen molar-refractivity contribution in [3.05, 3.63) is 65.9 Å². The molecule has 0 aliphatic heterocycles. The minimum absolute atomic E-state index is 0.817. The van der Waals surface area contributed by atoms with Gasteiger partial charge in [-0.2, -0.15) is 0 Å². The van der Waals surface area contributed by atoms with E-state index in [0.29, 0.717) is 0 Å². The summed E-state index contributed by atoms with van der Waals surface area (Å²) < 4.78 is 5.98. The minimum Gasteiger partial charge on any atom is -0.494 e. The first-order valence-corrected chi connectivity index (χ1v) is 10.1. The summed E-state index contributed by atoms with van der Waals surface area (Å²) in [4.78, 5) is 3.35. The van der Waals surface area contributed by atoms with Gasteiger partial charge < -0.3 is 9.72 Å². The summed E-state index contributed by atoms with van der Waals surface area (Å²) in [5, 5.41) is 1.31. The van der Waals surface area contributed by atoms with Gasteiger partial charge in [0.15, 0.2) is 0 Å². The van der Waals surface area contributed by atoms with Gasteiger partial charge in [-0.15, -0.1) is 0 Å². The van der Waals surface area contributed by atoms with E-state index in [1.807, 2.05) is 0 Å². The fourth-order valence-corrected chi connectivity index (χ4v) is 3.52. The second-order valence-electron chi connectivity index (χ2n) is 7.12. The Hall–Kier alpha value is -2.22. The first-order valence-electron chi connectivity index (χ1n) is 10.1. The molecule has 1 aromatic heterocycles. The zero-order valence-corrected chi connectivity index (χ0v) is 16.0. The molecule has 0 amide bonds. The number of aromatic nitrogens is 1. The van der Waals surface area contributed by atoms with Crippen LogP contribution in [0.1, 0.15) is 56.6 Å². The van der Waals surface area contributed by atoms with E-state index >= 15 is 0 Å². The Kier molecular flexibility index (Phi) is 7.18. The molecule has 138 valence electrons. The van der Waals surface area contributed by atoms with E-state index in [-0.39, 0.29) is 0 Å². The molecule has 26 heavy (non-hydrogen) atoms. The second-order valence-corrected chi connectivity index (χ2v) is 7.12. The topological polar surface area (TPSA) is 25.0 Å². The molecule has 0 radical (unpaired) electrons. The maximum absolute atomic E-state index is 5.98. The Bertz CT molecular complexity index is 775. The van der Waals surface area contributed by atoms with Crippen LogP contribution < -0.4 is 4.74 Å². The van der Waals surface area contributed by atoms with Crippen molar-refractivity contribution in [3.63, 3.8) is 0 Å². The molecule has 3 aromatic rings. The standard InChI is InChI=1S/C24H31NO/c1-2-11-21-19-25-24-16-15-22(18-23(21)24)26-17-10-5-3-4-7-12-20-13-8-6-9-14-20/h6,8-9,13-16,18-19,25H,2-5,7,10-12,17H2,1H3. The third kappa shape index (κ3) is 5.39. The van der Waals surface area contributed by atoms with Crippen molar-refractivity contribution in [1.82, 2.24) is 4.98 Å². The molecule has 2 heteroatoms. The molecule has 0 fully saturated rings. The van der Waals surface area contributed by atoms with Gasteiger partial charge in [0.25, 0.3) is 0 Å². The van der Waals surface area contributed by atoms with Gasteiger partial charge in [-0.1, -0.05) is 62.9 Å². The van der Waals surface area contributed by atoms with Crippen LogP contribution in [0.4, 0.5) is 0 Å². The molecule has 1 N–H and O–H groups in total. The summed E-state index contributed by atoms with van der Waals surface area (Å²) in [7, 11) is 0. The van der Waals surface area contributed by atoms with Crippen LogP contribution in [0.25, 0.3) is 10.9 Å². The number of aromatic amines is 1. The summed E-state index contributed by atoms with van der Waals surface area (Å²) in [5.74, 6) is 0.999. The number of hydrogen-bond donors (Lipinski definition) is 1. The maximum Gasteiger partial charge on any atom is 0.120 e. The van der Waals surface area contributed by atoms with Crippen molar-refractivity contribution in [1.29, 1.82) is 0 Å². The van der Waals surface area contributed by atoms with E-state index in [4.69, 9.17) is 4.74 Å². The fourth-order valence-electron chi connectivity index (χ4n) is 3.52. The number of nitrogens with one attached hydrogen (secondary N) is 1. The first-order chi connectivity index (χ1) is 12.9. The summed E-state index contributed by atoms with van der Waals surface area (Å²) in [5.41, 5.74) is 4.06. The molecular formula is C24H31NO. The highest BCUT2D eigenvalue weighted by Gasteiger charge is 2.04. The van der Waals surface area contributed by atoms with Crippen LogP contribution in [0.2, 0.25) is 0 Å². The second kappa shape index (κ2) is 10.1. The lowest BCUT2D eigenvalue weighted by Gasteiger charge is -2.07. The van der Waals surface area contributed by atoms with Crippen LogP contribution in [-0.4, -0.2) is 11.6 Å². The van der Waals surface area contributed by atoms with Gasteiger partial charge in [0.05, 0.1) is 6.61 Å². The molecule has 0 aliphatic rings. The highest BCUT2D eigenvalue weighted by molar-refractivity contribution is 5.84. The summed E-state index contributed by atoms with van der Waals surface area (Å²) in [6.07, 6.45) is 11.9. The van der Waals surface area contributed by atoms with E-state index in [1.54, 1.807) is 0 Å². The van der Waals surface area contributed by atoms with Crippen LogP contribution in [-0.2, 0) is 12.8 Å². The quantitative estimate of drug-likeness (QED) is 0.383. The SMILES string of the molecule is CCCc1c[nH]c2ccc(OCCCCCCCc3ccccc3)cc12. The Labute approximate surface area is 157 Å². The van der Waals surface area contributed by atoms with E-state index < -0.39 is 0 Å². The average Bonchev–Trinajstić information content (AvgIpc) is 3.07. The van der Waals surface area contributed by atoms with Crippen LogP contribution in [0.3, 0.4) is 0 Å². The Balaban J connectivity index is 1.32. The van der Waals surface area contributed by atoms with E-state index in [9.17, 15) is 0 Å². The molecule has 0 saturated heterocycles. The minimum atomic E-state index is 0.817. The van der Waals surface area contributed by atoms with E-state index in [1.165, 1.54) is 60.6 Å². The number of rotatable bonds is 11. The molecule has 0 unspecified atom stereocenters. The van der Waals surface area contributed by atoms with Crippen LogP contribution >= 0.6 is 0 Å². The van der Waals surface area contributed by atoms with Gasteiger partial charge >= 0.3 is 0 Å². The Morgan fingerprint density at radius 2 is 1.65 bits per heavy atom. The van der Waals surface area contributed by atoms with Crippen LogP contribution in [0.15, 0.2) is 54.7 Å². The van der Waals surface area contributed by atoms with Crippen molar-refractivity contribution >= 4 is 10.9 Å². The van der Waals surface area contributed by atoms with Crippen molar-refractivity contribution < 1.29 is 4.74 Å². The fraction of sp³-hybridized carbons (Fsp3) is 0.417. The molecule has 0 atom stereocenters. The highest BCUT2D eigenvalue weighted by atomic mass is 16.5. The normalized spacial score (nSPS) is 11.1. The van der Waals surface area contributed by atoms with Crippen LogP contribution in [0.5, 0.6) is 5.75 Å². The molecule has 0 saturated carbocycles. The monoisotopic (exact) mass is 349 g/mol. The molecule has 2 nitrogen and oxygen atoms in total. The smallest absolute Gasteiger partial charge is 0.120 e. The van der Waals surface area contributed by atoms with Gasteiger partial charge in [0.2, 0.25) is 0 Å². The first kappa shape index (κ1) is 18.6. The number of unbranched alkanes of at least 4 members (excludes halogenated alkanes) is 4. The number of hydrogen-bond acceptors (Lipinski definition) is 1. The van der Waals surface area contributed by atoms with Gasteiger partial charge in [-0.3, -0.25) is 0 Å². The lowest BCUT2D eigenvalue weighted by atomic mass is 10.1. The Morgan fingerprint density at radius 1 is 0.846 bits per heavy atom.